The molecule has 0 aliphatic carbocycles. The molecule has 156 valence electrons. The summed E-state index contributed by atoms with van der Waals surface area (Å²) in [4.78, 5) is 25.5. The Morgan fingerprint density at radius 1 is 1.00 bits per heavy atom. The van der Waals surface area contributed by atoms with Gasteiger partial charge in [-0.1, -0.05) is 12.1 Å². The van der Waals surface area contributed by atoms with Gasteiger partial charge in [-0.05, 0) is 58.4 Å². The minimum absolute atomic E-state index is 0.0338. The van der Waals surface area contributed by atoms with Crippen molar-refractivity contribution in [3.63, 3.8) is 0 Å². The number of nitro benzene ring substituents is 1. The first-order chi connectivity index (χ1) is 13.6. The number of hydrogen-bond donors (Lipinski definition) is 0. The zero-order valence-electron chi connectivity index (χ0n) is 17.7. The fourth-order valence-electron chi connectivity index (χ4n) is 3.29. The average molecular weight is 400 g/mol. The Morgan fingerprint density at radius 2 is 1.59 bits per heavy atom. The maximum atomic E-state index is 12.9. The number of ether oxygens (including phenoxy) is 2. The SMILES string of the molecule is COc1ccc(-c2cc([N+](=O)[O-])ccc2O[C@@H](C)C(=O)N(C(C)C)C(C)C)cc1. The molecular weight excluding hydrogens is 372 g/mol. The second-order valence-electron chi connectivity index (χ2n) is 7.36. The highest BCUT2D eigenvalue weighted by molar-refractivity contribution is 5.82. The lowest BCUT2D eigenvalue weighted by molar-refractivity contribution is -0.384. The van der Waals surface area contributed by atoms with Gasteiger partial charge in [0.1, 0.15) is 11.5 Å². The minimum atomic E-state index is -0.738. The van der Waals surface area contributed by atoms with Crippen molar-refractivity contribution < 1.29 is 19.2 Å². The van der Waals surface area contributed by atoms with Gasteiger partial charge in [0.05, 0.1) is 12.0 Å². The highest BCUT2D eigenvalue weighted by Gasteiger charge is 2.27. The van der Waals surface area contributed by atoms with Crippen LogP contribution < -0.4 is 9.47 Å². The zero-order valence-corrected chi connectivity index (χ0v) is 17.7. The van der Waals surface area contributed by atoms with Gasteiger partial charge in [0, 0.05) is 29.8 Å². The Kier molecular flexibility index (Phi) is 7.20. The van der Waals surface area contributed by atoms with Crippen molar-refractivity contribution in [2.45, 2.75) is 52.8 Å². The zero-order chi connectivity index (χ0) is 21.7. The number of hydrogen-bond acceptors (Lipinski definition) is 5. The first-order valence-electron chi connectivity index (χ1n) is 9.57. The molecule has 1 atom stereocenters. The monoisotopic (exact) mass is 400 g/mol. The van der Waals surface area contributed by atoms with Gasteiger partial charge in [0.25, 0.3) is 11.6 Å². The van der Waals surface area contributed by atoms with Crippen LogP contribution in [0.5, 0.6) is 11.5 Å². The Labute approximate surface area is 171 Å². The van der Waals surface area contributed by atoms with E-state index in [1.807, 2.05) is 27.7 Å². The quantitative estimate of drug-likeness (QED) is 0.474. The number of amides is 1. The molecule has 0 unspecified atom stereocenters. The molecule has 2 aromatic rings. The molecule has 29 heavy (non-hydrogen) atoms. The molecule has 0 bridgehead atoms. The molecule has 0 aliphatic rings. The molecule has 0 saturated heterocycles. The summed E-state index contributed by atoms with van der Waals surface area (Å²) < 4.78 is 11.2. The van der Waals surface area contributed by atoms with Crippen molar-refractivity contribution in [1.29, 1.82) is 0 Å². The van der Waals surface area contributed by atoms with Crippen LogP contribution in [0, 0.1) is 10.1 Å². The first-order valence-corrected chi connectivity index (χ1v) is 9.57. The van der Waals surface area contributed by atoms with Crippen LogP contribution in [-0.2, 0) is 4.79 Å². The second kappa shape index (κ2) is 9.41. The molecule has 1 amide bonds. The Morgan fingerprint density at radius 3 is 2.07 bits per heavy atom. The fourth-order valence-corrected chi connectivity index (χ4v) is 3.29. The van der Waals surface area contributed by atoms with E-state index < -0.39 is 11.0 Å². The van der Waals surface area contributed by atoms with E-state index in [1.165, 1.54) is 18.2 Å². The van der Waals surface area contributed by atoms with E-state index in [4.69, 9.17) is 9.47 Å². The van der Waals surface area contributed by atoms with Crippen LogP contribution in [-0.4, -0.2) is 41.0 Å². The molecule has 0 spiro atoms. The standard InChI is InChI=1S/C22H28N2O5/c1-14(2)23(15(3)4)22(25)16(5)29-21-12-9-18(24(26)27)13-20(21)17-7-10-19(28-6)11-8-17/h7-16H,1-6H3/t16-/m0/s1. The number of methoxy groups -OCH3 is 1. The summed E-state index contributed by atoms with van der Waals surface area (Å²) in [6.07, 6.45) is -0.738. The van der Waals surface area contributed by atoms with Crippen LogP contribution in [0.3, 0.4) is 0 Å². The Hall–Kier alpha value is -3.09. The summed E-state index contributed by atoms with van der Waals surface area (Å²) in [5.74, 6) is 0.956. The lowest BCUT2D eigenvalue weighted by atomic mass is 10.0. The third-order valence-electron chi connectivity index (χ3n) is 4.59. The van der Waals surface area contributed by atoms with Crippen LogP contribution in [0.4, 0.5) is 5.69 Å². The number of benzene rings is 2. The van der Waals surface area contributed by atoms with E-state index in [2.05, 4.69) is 0 Å². The predicted molar refractivity (Wildman–Crippen MR) is 112 cm³/mol. The summed E-state index contributed by atoms with van der Waals surface area (Å²) in [7, 11) is 1.57. The number of nitro groups is 1. The molecule has 0 radical (unpaired) electrons. The van der Waals surface area contributed by atoms with E-state index in [-0.39, 0.29) is 23.7 Å². The summed E-state index contributed by atoms with van der Waals surface area (Å²) in [6.45, 7) is 9.52. The van der Waals surface area contributed by atoms with Gasteiger partial charge < -0.3 is 14.4 Å². The molecule has 7 nitrogen and oxygen atoms in total. The van der Waals surface area contributed by atoms with Crippen LogP contribution in [0.2, 0.25) is 0 Å². The van der Waals surface area contributed by atoms with Gasteiger partial charge >= 0.3 is 0 Å². The fraction of sp³-hybridized carbons (Fsp3) is 0.409. The van der Waals surface area contributed by atoms with E-state index in [1.54, 1.807) is 43.2 Å². The van der Waals surface area contributed by atoms with Crippen molar-refractivity contribution in [2.24, 2.45) is 0 Å². The summed E-state index contributed by atoms with van der Waals surface area (Å²) in [5.41, 5.74) is 1.23. The third kappa shape index (κ3) is 5.25. The molecular formula is C22H28N2O5. The lowest BCUT2D eigenvalue weighted by Crippen LogP contribution is -2.48. The Balaban J connectivity index is 2.41. The van der Waals surface area contributed by atoms with Crippen molar-refractivity contribution in [2.75, 3.05) is 7.11 Å². The number of carbonyl (C=O) groups is 1. The van der Waals surface area contributed by atoms with Crippen molar-refractivity contribution in [3.05, 3.63) is 52.6 Å². The summed E-state index contributed by atoms with van der Waals surface area (Å²) in [5, 5.41) is 11.2. The maximum Gasteiger partial charge on any atom is 0.270 e. The minimum Gasteiger partial charge on any atom is -0.497 e. The van der Waals surface area contributed by atoms with Crippen LogP contribution in [0.1, 0.15) is 34.6 Å². The maximum absolute atomic E-state index is 12.9. The normalized spacial score (nSPS) is 12.0. The smallest absolute Gasteiger partial charge is 0.270 e. The van der Waals surface area contributed by atoms with Gasteiger partial charge in [0.15, 0.2) is 6.10 Å². The summed E-state index contributed by atoms with van der Waals surface area (Å²) >= 11 is 0. The van der Waals surface area contributed by atoms with E-state index >= 15 is 0 Å². The third-order valence-corrected chi connectivity index (χ3v) is 4.59. The van der Waals surface area contributed by atoms with Gasteiger partial charge in [-0.2, -0.15) is 0 Å². The lowest BCUT2D eigenvalue weighted by Gasteiger charge is -2.33. The molecule has 7 heteroatoms. The van der Waals surface area contributed by atoms with E-state index in [9.17, 15) is 14.9 Å². The first kappa shape index (κ1) is 22.2. The Bertz CT molecular complexity index is 854. The van der Waals surface area contributed by atoms with Crippen LogP contribution in [0.25, 0.3) is 11.1 Å². The number of nitrogens with zero attached hydrogens (tertiary/aromatic N) is 2. The highest BCUT2D eigenvalue weighted by atomic mass is 16.6. The average Bonchev–Trinajstić information content (AvgIpc) is 2.67. The predicted octanol–water partition coefficient (Wildman–Crippen LogP) is 4.68. The molecule has 2 rings (SSSR count). The molecule has 0 saturated carbocycles. The number of non-ortho nitro benzene ring substituents is 1. The molecule has 0 aliphatic heterocycles. The van der Waals surface area contributed by atoms with Crippen LogP contribution >= 0.6 is 0 Å². The number of carbonyl (C=O) groups excluding carboxylic acids is 1. The van der Waals surface area contributed by atoms with Crippen molar-refractivity contribution in [1.82, 2.24) is 4.90 Å². The topological polar surface area (TPSA) is 81.9 Å². The molecule has 0 heterocycles. The highest BCUT2D eigenvalue weighted by Crippen LogP contribution is 2.35. The number of rotatable bonds is 8. The van der Waals surface area contributed by atoms with E-state index in [0.29, 0.717) is 17.1 Å². The van der Waals surface area contributed by atoms with E-state index in [0.717, 1.165) is 5.56 Å². The van der Waals surface area contributed by atoms with Crippen molar-refractivity contribution in [3.8, 4) is 22.6 Å². The summed E-state index contributed by atoms with van der Waals surface area (Å²) in [6, 6.07) is 11.6. The van der Waals surface area contributed by atoms with Crippen LogP contribution in [0.15, 0.2) is 42.5 Å². The van der Waals surface area contributed by atoms with Gasteiger partial charge in [-0.25, -0.2) is 0 Å². The molecule has 2 aromatic carbocycles. The molecule has 0 aromatic heterocycles. The molecule has 0 N–H and O–H groups in total. The largest absolute Gasteiger partial charge is 0.497 e. The van der Waals surface area contributed by atoms with Gasteiger partial charge in [-0.15, -0.1) is 0 Å². The molecule has 0 fully saturated rings. The van der Waals surface area contributed by atoms with Gasteiger partial charge in [-0.3, -0.25) is 14.9 Å². The second-order valence-corrected chi connectivity index (χ2v) is 7.36. The van der Waals surface area contributed by atoms with Gasteiger partial charge in [0.2, 0.25) is 0 Å². The van der Waals surface area contributed by atoms with Crippen molar-refractivity contribution >= 4 is 11.6 Å².